The van der Waals surface area contributed by atoms with Crippen molar-refractivity contribution in [3.8, 4) is 0 Å². The normalized spacial score (nSPS) is 15.4. The van der Waals surface area contributed by atoms with E-state index in [1.54, 1.807) is 4.90 Å². The van der Waals surface area contributed by atoms with Gasteiger partial charge in [0, 0.05) is 51.1 Å². The molecule has 1 fully saturated rings. The third-order valence-corrected chi connectivity index (χ3v) is 7.59. The number of aromatic nitrogens is 4. The Morgan fingerprint density at radius 2 is 1.75 bits per heavy atom. The molecule has 4 rings (SSSR count). The molecule has 0 aliphatic carbocycles. The zero-order valence-electron chi connectivity index (χ0n) is 17.2. The van der Waals surface area contributed by atoms with Crippen molar-refractivity contribution < 1.29 is 13.2 Å². The van der Waals surface area contributed by atoms with Gasteiger partial charge in [0.05, 0.1) is 4.90 Å². The molecule has 1 amide bonds. The van der Waals surface area contributed by atoms with Gasteiger partial charge in [-0.15, -0.1) is 0 Å². The number of nitrogens with one attached hydrogen (secondary N) is 2. The lowest BCUT2D eigenvalue weighted by Gasteiger charge is -2.34. The molecule has 0 atom stereocenters. The number of hydrogen-bond donors (Lipinski definition) is 2. The molecule has 0 radical (unpaired) electrons. The van der Waals surface area contributed by atoms with Gasteiger partial charge >= 0.3 is 5.69 Å². The average molecular weight is 481 g/mol. The zero-order valence-corrected chi connectivity index (χ0v) is 18.7. The molecule has 1 aromatic carbocycles. The fourth-order valence-electron chi connectivity index (χ4n) is 3.59. The summed E-state index contributed by atoms with van der Waals surface area (Å²) in [6.45, 7) is 0.942. The van der Waals surface area contributed by atoms with Crippen molar-refractivity contribution in [2.24, 2.45) is 7.05 Å². The minimum atomic E-state index is -3.65. The Balaban J connectivity index is 1.37. The van der Waals surface area contributed by atoms with Gasteiger partial charge in [0.1, 0.15) is 11.3 Å². The first kappa shape index (κ1) is 22.2. The second-order valence-electron chi connectivity index (χ2n) is 7.44. The number of aromatic amines is 2. The van der Waals surface area contributed by atoms with Crippen molar-refractivity contribution in [2.75, 3.05) is 26.2 Å². The van der Waals surface area contributed by atoms with E-state index >= 15 is 0 Å². The molecule has 0 saturated carbocycles. The van der Waals surface area contributed by atoms with Gasteiger partial charge in [0.15, 0.2) is 5.65 Å². The maximum atomic E-state index is 12.8. The number of carbonyl (C=O) groups is 1. The van der Waals surface area contributed by atoms with Crippen molar-refractivity contribution in [1.82, 2.24) is 28.7 Å². The second kappa shape index (κ2) is 8.52. The molecule has 32 heavy (non-hydrogen) atoms. The van der Waals surface area contributed by atoms with E-state index in [9.17, 15) is 22.8 Å². The molecule has 11 nitrogen and oxygen atoms in total. The maximum Gasteiger partial charge on any atom is 0.329 e. The number of carbonyl (C=O) groups excluding carboxylic acids is 1. The largest absolute Gasteiger partial charge is 0.340 e. The molecule has 0 bridgehead atoms. The number of rotatable bonds is 5. The van der Waals surface area contributed by atoms with E-state index in [-0.39, 0.29) is 61.0 Å². The number of aryl methyl sites for hydroxylation is 2. The van der Waals surface area contributed by atoms with E-state index in [0.29, 0.717) is 10.8 Å². The van der Waals surface area contributed by atoms with Crippen LogP contribution in [0.2, 0.25) is 5.02 Å². The lowest BCUT2D eigenvalue weighted by Crippen LogP contribution is -2.50. The van der Waals surface area contributed by atoms with Crippen LogP contribution >= 0.6 is 11.6 Å². The summed E-state index contributed by atoms with van der Waals surface area (Å²) in [5.41, 5.74) is -0.730. The summed E-state index contributed by atoms with van der Waals surface area (Å²) in [5.74, 6) is 0.279. The van der Waals surface area contributed by atoms with Crippen molar-refractivity contribution in [3.63, 3.8) is 0 Å². The third kappa shape index (κ3) is 4.20. The molecule has 170 valence electrons. The van der Waals surface area contributed by atoms with E-state index in [0.717, 1.165) is 0 Å². The standard InChI is InChI=1S/C19H21ClN6O5S/c1-24-17-16(18(28)23-19(24)29)21-14(22-17)6-7-15(27)25-8-10-26(11-9-25)32(30,31)13-4-2-12(20)3-5-13/h2-5H,6-11H2,1H3,(H,21,22)(H,23,28,29). The molecule has 2 N–H and O–H groups in total. The molecule has 0 unspecified atom stereocenters. The van der Waals surface area contributed by atoms with E-state index in [1.807, 2.05) is 0 Å². The van der Waals surface area contributed by atoms with E-state index in [4.69, 9.17) is 11.6 Å². The number of nitrogens with zero attached hydrogens (tertiary/aromatic N) is 4. The van der Waals surface area contributed by atoms with Gasteiger partial charge in [-0.2, -0.15) is 4.31 Å². The molecule has 1 aliphatic rings. The minimum absolute atomic E-state index is 0.135. The van der Waals surface area contributed by atoms with Crippen molar-refractivity contribution >= 4 is 38.7 Å². The Bertz CT molecular complexity index is 1380. The van der Waals surface area contributed by atoms with Crippen LogP contribution in [0, 0.1) is 0 Å². The van der Waals surface area contributed by atoms with Gasteiger partial charge in [-0.25, -0.2) is 18.2 Å². The molecule has 1 aliphatic heterocycles. The quantitative estimate of drug-likeness (QED) is 0.529. The summed E-state index contributed by atoms with van der Waals surface area (Å²) >= 11 is 5.83. The summed E-state index contributed by atoms with van der Waals surface area (Å²) in [7, 11) is -2.15. The van der Waals surface area contributed by atoms with Gasteiger partial charge in [-0.3, -0.25) is 19.1 Å². The summed E-state index contributed by atoms with van der Waals surface area (Å²) in [4.78, 5) is 47.3. The van der Waals surface area contributed by atoms with Crippen LogP contribution in [0.5, 0.6) is 0 Å². The Morgan fingerprint density at radius 1 is 1.09 bits per heavy atom. The number of amides is 1. The highest BCUT2D eigenvalue weighted by Crippen LogP contribution is 2.20. The van der Waals surface area contributed by atoms with Crippen LogP contribution in [0.3, 0.4) is 0 Å². The van der Waals surface area contributed by atoms with Crippen LogP contribution in [0.15, 0.2) is 38.8 Å². The smallest absolute Gasteiger partial charge is 0.329 e. The number of halogens is 1. The molecular formula is C19H21ClN6O5S. The molecule has 3 heterocycles. The molecule has 1 saturated heterocycles. The lowest BCUT2D eigenvalue weighted by molar-refractivity contribution is -0.132. The number of benzene rings is 1. The first-order valence-corrected chi connectivity index (χ1v) is 11.7. The highest BCUT2D eigenvalue weighted by Gasteiger charge is 2.30. The predicted molar refractivity (Wildman–Crippen MR) is 117 cm³/mol. The first-order chi connectivity index (χ1) is 15.2. The number of fused-ring (bicyclic) bond motifs is 1. The lowest BCUT2D eigenvalue weighted by atomic mass is 10.2. The van der Waals surface area contributed by atoms with Gasteiger partial charge in [0.25, 0.3) is 5.56 Å². The van der Waals surface area contributed by atoms with Crippen LogP contribution in [0.4, 0.5) is 0 Å². The van der Waals surface area contributed by atoms with Crippen molar-refractivity contribution in [3.05, 3.63) is 56.0 Å². The summed E-state index contributed by atoms with van der Waals surface area (Å²) in [6, 6.07) is 5.97. The fourth-order valence-corrected chi connectivity index (χ4v) is 5.14. The predicted octanol–water partition coefficient (Wildman–Crippen LogP) is 0.0690. The minimum Gasteiger partial charge on any atom is -0.340 e. The summed E-state index contributed by atoms with van der Waals surface area (Å²) in [5, 5.41) is 0.454. The van der Waals surface area contributed by atoms with E-state index in [1.165, 1.54) is 40.2 Å². The second-order valence-corrected chi connectivity index (χ2v) is 9.81. The number of imidazole rings is 1. The Hall–Kier alpha value is -2.96. The first-order valence-electron chi connectivity index (χ1n) is 9.88. The summed E-state index contributed by atoms with van der Waals surface area (Å²) in [6.07, 6.45) is 0.389. The average Bonchev–Trinajstić information content (AvgIpc) is 3.21. The van der Waals surface area contributed by atoms with Gasteiger partial charge in [-0.05, 0) is 24.3 Å². The highest BCUT2D eigenvalue weighted by molar-refractivity contribution is 7.89. The van der Waals surface area contributed by atoms with E-state index in [2.05, 4.69) is 15.0 Å². The van der Waals surface area contributed by atoms with Crippen molar-refractivity contribution in [1.29, 1.82) is 0 Å². The number of H-pyrrole nitrogens is 2. The third-order valence-electron chi connectivity index (χ3n) is 5.42. The Morgan fingerprint density at radius 3 is 2.41 bits per heavy atom. The van der Waals surface area contributed by atoms with Crippen LogP contribution in [-0.2, 0) is 28.3 Å². The molecule has 2 aromatic heterocycles. The molecule has 13 heteroatoms. The number of sulfonamides is 1. The Kier molecular flexibility index (Phi) is 5.93. The van der Waals surface area contributed by atoms with Crippen LogP contribution in [0.25, 0.3) is 11.2 Å². The highest BCUT2D eigenvalue weighted by atomic mass is 35.5. The number of piperazine rings is 1. The molecular weight excluding hydrogens is 460 g/mol. The van der Waals surface area contributed by atoms with Gasteiger partial charge < -0.3 is 9.88 Å². The van der Waals surface area contributed by atoms with Crippen LogP contribution in [0.1, 0.15) is 12.2 Å². The van der Waals surface area contributed by atoms with Gasteiger partial charge in [0.2, 0.25) is 15.9 Å². The van der Waals surface area contributed by atoms with Crippen molar-refractivity contribution in [2.45, 2.75) is 17.7 Å². The molecule has 3 aromatic rings. The summed E-state index contributed by atoms with van der Waals surface area (Å²) < 4.78 is 28.1. The monoisotopic (exact) mass is 480 g/mol. The van der Waals surface area contributed by atoms with Gasteiger partial charge in [-0.1, -0.05) is 11.6 Å². The SMILES string of the molecule is Cn1c(=O)[nH]c(=O)c2[nH]c(CCC(=O)N3CCN(S(=O)(=O)c4ccc(Cl)cc4)CC3)nc21. The topological polar surface area (TPSA) is 141 Å². The Labute approximate surface area is 187 Å². The van der Waals surface area contributed by atoms with Crippen LogP contribution < -0.4 is 11.2 Å². The zero-order chi connectivity index (χ0) is 23.0. The fraction of sp³-hybridized carbons (Fsp3) is 0.368. The van der Waals surface area contributed by atoms with Crippen LogP contribution in [-0.4, -0.2) is 69.2 Å². The number of hydrogen-bond acceptors (Lipinski definition) is 6. The molecule has 0 spiro atoms. The maximum absolute atomic E-state index is 12.8. The van der Waals surface area contributed by atoms with E-state index < -0.39 is 21.3 Å².